The Balaban J connectivity index is 2.11. The normalized spacial score (nSPS) is 19.0. The number of amides is 3. The Morgan fingerprint density at radius 2 is 2.00 bits per heavy atom. The molecule has 5 nitrogen and oxygen atoms in total. The van der Waals surface area contributed by atoms with Gasteiger partial charge in [-0.25, -0.2) is 0 Å². The standard InChI is InChI=1S/C14H13F3N2O3S/c1-8-13(22)19(12(21)7-23-8)6-11(20)18-10-5-3-2-4-9(10)14(15,16)17/h2-5,8H,6-7H2,1H3,(H,18,20)/t8-/m1/s1. The molecule has 1 N–H and O–H groups in total. The minimum absolute atomic E-state index is 0.0549. The highest BCUT2D eigenvalue weighted by molar-refractivity contribution is 8.01. The van der Waals surface area contributed by atoms with E-state index in [2.05, 4.69) is 5.32 Å². The summed E-state index contributed by atoms with van der Waals surface area (Å²) >= 11 is 1.15. The smallest absolute Gasteiger partial charge is 0.324 e. The molecule has 3 amide bonds. The predicted molar refractivity (Wildman–Crippen MR) is 78.7 cm³/mol. The first-order valence-electron chi connectivity index (χ1n) is 6.62. The first kappa shape index (κ1) is 17.3. The number of carbonyl (C=O) groups is 3. The number of hydrogen-bond donors (Lipinski definition) is 1. The van der Waals surface area contributed by atoms with Gasteiger partial charge in [-0.15, -0.1) is 11.8 Å². The largest absolute Gasteiger partial charge is 0.418 e. The molecule has 1 aliphatic heterocycles. The molecule has 1 aromatic carbocycles. The highest BCUT2D eigenvalue weighted by Crippen LogP contribution is 2.34. The maximum absolute atomic E-state index is 12.9. The lowest BCUT2D eigenvalue weighted by Gasteiger charge is -2.28. The first-order valence-corrected chi connectivity index (χ1v) is 7.67. The zero-order valence-corrected chi connectivity index (χ0v) is 12.8. The molecule has 0 aliphatic carbocycles. The second-order valence-corrected chi connectivity index (χ2v) is 6.19. The number of para-hydroxylation sites is 1. The number of hydrogen-bond acceptors (Lipinski definition) is 4. The Morgan fingerprint density at radius 1 is 1.35 bits per heavy atom. The second kappa shape index (κ2) is 6.61. The van der Waals surface area contributed by atoms with E-state index < -0.39 is 46.9 Å². The van der Waals surface area contributed by atoms with Crippen molar-refractivity contribution in [3.8, 4) is 0 Å². The van der Waals surface area contributed by atoms with Gasteiger partial charge in [-0.3, -0.25) is 19.3 Å². The molecular weight excluding hydrogens is 333 g/mol. The van der Waals surface area contributed by atoms with Gasteiger partial charge >= 0.3 is 6.18 Å². The van der Waals surface area contributed by atoms with Crippen molar-refractivity contribution in [1.29, 1.82) is 0 Å². The van der Waals surface area contributed by atoms with Gasteiger partial charge in [0.05, 0.1) is 22.3 Å². The van der Waals surface area contributed by atoms with Gasteiger partial charge in [0.1, 0.15) is 6.54 Å². The van der Waals surface area contributed by atoms with E-state index in [9.17, 15) is 27.6 Å². The van der Waals surface area contributed by atoms with Crippen molar-refractivity contribution in [2.45, 2.75) is 18.3 Å². The molecule has 0 spiro atoms. The molecule has 0 radical (unpaired) electrons. The summed E-state index contributed by atoms with van der Waals surface area (Å²) in [5, 5.41) is 1.64. The molecule has 0 bridgehead atoms. The fourth-order valence-electron chi connectivity index (χ4n) is 2.03. The summed E-state index contributed by atoms with van der Waals surface area (Å²) in [6, 6.07) is 4.50. The van der Waals surface area contributed by atoms with Gasteiger partial charge in [0, 0.05) is 0 Å². The van der Waals surface area contributed by atoms with E-state index in [1.165, 1.54) is 12.1 Å². The number of thioether (sulfide) groups is 1. The predicted octanol–water partition coefficient (Wildman–Crippen LogP) is 2.13. The van der Waals surface area contributed by atoms with Gasteiger partial charge in [0.15, 0.2) is 0 Å². The summed E-state index contributed by atoms with van der Waals surface area (Å²) in [5.74, 6) is -1.86. The highest BCUT2D eigenvalue weighted by Gasteiger charge is 2.35. The van der Waals surface area contributed by atoms with Crippen molar-refractivity contribution in [2.24, 2.45) is 0 Å². The average molecular weight is 346 g/mol. The monoisotopic (exact) mass is 346 g/mol. The van der Waals surface area contributed by atoms with Crippen LogP contribution in [0.25, 0.3) is 0 Å². The van der Waals surface area contributed by atoms with Crippen LogP contribution in [0.4, 0.5) is 18.9 Å². The molecule has 23 heavy (non-hydrogen) atoms. The topological polar surface area (TPSA) is 66.5 Å². The molecule has 1 atom stereocenters. The minimum atomic E-state index is -4.62. The minimum Gasteiger partial charge on any atom is -0.324 e. The number of benzene rings is 1. The van der Waals surface area contributed by atoms with Gasteiger partial charge in [-0.05, 0) is 19.1 Å². The molecule has 9 heteroatoms. The van der Waals surface area contributed by atoms with E-state index in [0.29, 0.717) is 0 Å². The number of nitrogens with one attached hydrogen (secondary N) is 1. The van der Waals surface area contributed by atoms with E-state index in [1.54, 1.807) is 6.92 Å². The van der Waals surface area contributed by atoms with Gasteiger partial charge in [0.2, 0.25) is 17.7 Å². The van der Waals surface area contributed by atoms with Crippen molar-refractivity contribution in [3.63, 3.8) is 0 Å². The fraction of sp³-hybridized carbons (Fsp3) is 0.357. The van der Waals surface area contributed by atoms with Crippen LogP contribution in [-0.2, 0) is 20.6 Å². The summed E-state index contributed by atoms with van der Waals surface area (Å²) in [7, 11) is 0. The van der Waals surface area contributed by atoms with Crippen molar-refractivity contribution >= 4 is 35.2 Å². The fourth-order valence-corrected chi connectivity index (χ4v) is 2.84. The Morgan fingerprint density at radius 3 is 2.65 bits per heavy atom. The van der Waals surface area contributed by atoms with Gasteiger partial charge in [0.25, 0.3) is 0 Å². The quantitative estimate of drug-likeness (QED) is 0.852. The van der Waals surface area contributed by atoms with Crippen LogP contribution >= 0.6 is 11.8 Å². The third-order valence-electron chi connectivity index (χ3n) is 3.18. The van der Waals surface area contributed by atoms with E-state index in [0.717, 1.165) is 28.8 Å². The molecule has 1 aromatic rings. The third kappa shape index (κ3) is 4.04. The lowest BCUT2D eigenvalue weighted by atomic mass is 10.1. The molecular formula is C14H13F3N2O3S. The Bertz CT molecular complexity index is 648. The number of nitrogens with zero attached hydrogens (tertiary/aromatic N) is 1. The summed E-state index contributed by atoms with van der Waals surface area (Å²) in [4.78, 5) is 36.3. The lowest BCUT2D eigenvalue weighted by molar-refractivity contribution is -0.146. The average Bonchev–Trinajstić information content (AvgIpc) is 2.47. The van der Waals surface area contributed by atoms with E-state index in [-0.39, 0.29) is 5.75 Å². The van der Waals surface area contributed by atoms with E-state index >= 15 is 0 Å². The Labute approximate surface area is 134 Å². The van der Waals surface area contributed by atoms with Crippen LogP contribution in [0.15, 0.2) is 24.3 Å². The third-order valence-corrected chi connectivity index (χ3v) is 4.30. The van der Waals surface area contributed by atoms with Gasteiger partial charge < -0.3 is 5.32 Å². The summed E-state index contributed by atoms with van der Waals surface area (Å²) in [6.45, 7) is 0.998. The number of carbonyl (C=O) groups excluding carboxylic acids is 3. The van der Waals surface area contributed by atoms with Crippen LogP contribution in [0.1, 0.15) is 12.5 Å². The Kier molecular flexibility index (Phi) is 4.98. The molecule has 1 heterocycles. The molecule has 0 aromatic heterocycles. The number of alkyl halides is 3. The maximum atomic E-state index is 12.9. The number of rotatable bonds is 3. The molecule has 0 saturated carbocycles. The zero-order valence-electron chi connectivity index (χ0n) is 12.0. The Hall–Kier alpha value is -2.03. The number of imide groups is 1. The summed E-state index contributed by atoms with van der Waals surface area (Å²) < 4.78 is 38.6. The maximum Gasteiger partial charge on any atom is 0.418 e. The first-order chi connectivity index (χ1) is 10.7. The van der Waals surface area contributed by atoms with Crippen LogP contribution in [0.3, 0.4) is 0 Å². The van der Waals surface area contributed by atoms with E-state index in [4.69, 9.17) is 0 Å². The lowest BCUT2D eigenvalue weighted by Crippen LogP contribution is -2.49. The van der Waals surface area contributed by atoms with Gasteiger partial charge in [-0.2, -0.15) is 13.2 Å². The molecule has 1 saturated heterocycles. The summed E-state index contributed by atoms with van der Waals surface area (Å²) in [6.07, 6.45) is -4.62. The zero-order chi connectivity index (χ0) is 17.2. The second-order valence-electron chi connectivity index (χ2n) is 4.86. The molecule has 0 unspecified atom stereocenters. The number of halogens is 3. The summed E-state index contributed by atoms with van der Waals surface area (Å²) in [5.41, 5.74) is -1.40. The molecule has 2 rings (SSSR count). The van der Waals surface area contributed by atoms with Crippen molar-refractivity contribution < 1.29 is 27.6 Å². The number of anilines is 1. The molecule has 1 fully saturated rings. The van der Waals surface area contributed by atoms with Crippen molar-refractivity contribution in [1.82, 2.24) is 4.90 Å². The van der Waals surface area contributed by atoms with Crippen molar-refractivity contribution in [2.75, 3.05) is 17.6 Å². The van der Waals surface area contributed by atoms with Crippen LogP contribution in [-0.4, -0.2) is 40.2 Å². The van der Waals surface area contributed by atoms with Gasteiger partial charge in [-0.1, -0.05) is 12.1 Å². The molecule has 1 aliphatic rings. The van der Waals surface area contributed by atoms with Crippen LogP contribution < -0.4 is 5.32 Å². The van der Waals surface area contributed by atoms with Crippen molar-refractivity contribution in [3.05, 3.63) is 29.8 Å². The van der Waals surface area contributed by atoms with Crippen LogP contribution in [0, 0.1) is 0 Å². The highest BCUT2D eigenvalue weighted by atomic mass is 32.2. The molecule has 124 valence electrons. The van der Waals surface area contributed by atoms with E-state index in [1.807, 2.05) is 0 Å². The van der Waals surface area contributed by atoms with Crippen LogP contribution in [0.2, 0.25) is 0 Å². The van der Waals surface area contributed by atoms with Crippen LogP contribution in [0.5, 0.6) is 0 Å². The SMILES string of the molecule is C[C@H]1SCC(=O)N(CC(=O)Nc2ccccc2C(F)(F)F)C1=O.